The van der Waals surface area contributed by atoms with E-state index in [4.69, 9.17) is 11.6 Å². The number of aryl methyl sites for hydroxylation is 1. The number of hydrogen-bond donors (Lipinski definition) is 1. The highest BCUT2D eigenvalue weighted by Crippen LogP contribution is 2.19. The quantitative estimate of drug-likeness (QED) is 0.925. The molecule has 2 amide bonds. The topological polar surface area (TPSA) is 49.4 Å². The summed E-state index contributed by atoms with van der Waals surface area (Å²) in [6.45, 7) is 2.68. The monoisotopic (exact) mass is 280 g/mol. The third-order valence-electron chi connectivity index (χ3n) is 3.22. The Morgan fingerprint density at radius 3 is 2.89 bits per heavy atom. The van der Waals surface area contributed by atoms with Crippen molar-refractivity contribution >= 4 is 29.1 Å². The molecule has 4 nitrogen and oxygen atoms in total. The molecule has 1 saturated heterocycles. The van der Waals surface area contributed by atoms with Crippen LogP contribution in [-0.2, 0) is 9.59 Å². The van der Waals surface area contributed by atoms with Crippen molar-refractivity contribution in [2.45, 2.75) is 26.2 Å². The summed E-state index contributed by atoms with van der Waals surface area (Å²) >= 11 is 5.86. The highest BCUT2D eigenvalue weighted by Gasteiger charge is 2.20. The van der Waals surface area contributed by atoms with Crippen molar-refractivity contribution in [3.8, 4) is 0 Å². The van der Waals surface area contributed by atoms with Crippen molar-refractivity contribution in [3.63, 3.8) is 0 Å². The van der Waals surface area contributed by atoms with Crippen LogP contribution in [0, 0.1) is 6.92 Å². The van der Waals surface area contributed by atoms with E-state index < -0.39 is 0 Å². The number of carbonyl (C=O) groups excluding carboxylic acids is 2. The number of hydrogen-bond acceptors (Lipinski definition) is 2. The number of amides is 2. The molecule has 1 aliphatic heterocycles. The Morgan fingerprint density at radius 2 is 2.21 bits per heavy atom. The number of nitrogens with zero attached hydrogens (tertiary/aromatic N) is 1. The molecule has 0 saturated carbocycles. The van der Waals surface area contributed by atoms with Crippen LogP contribution in [0.25, 0.3) is 0 Å². The van der Waals surface area contributed by atoms with Gasteiger partial charge in [-0.05, 0) is 43.5 Å². The van der Waals surface area contributed by atoms with Gasteiger partial charge in [-0.15, -0.1) is 0 Å². The highest BCUT2D eigenvalue weighted by atomic mass is 35.5. The molecule has 0 bridgehead atoms. The molecule has 0 spiro atoms. The molecule has 1 aliphatic rings. The first-order valence-electron chi connectivity index (χ1n) is 6.40. The molecule has 0 radical (unpaired) electrons. The Hall–Kier alpha value is -1.55. The summed E-state index contributed by atoms with van der Waals surface area (Å²) < 4.78 is 0. The summed E-state index contributed by atoms with van der Waals surface area (Å²) in [5.41, 5.74) is 1.64. The first kappa shape index (κ1) is 13.9. The van der Waals surface area contributed by atoms with Crippen LogP contribution in [0.5, 0.6) is 0 Å². The maximum atomic E-state index is 11.9. The SMILES string of the molecule is Cc1cc(Cl)ccc1NC(=O)CN1CCCCC1=O. The highest BCUT2D eigenvalue weighted by molar-refractivity contribution is 6.30. The Labute approximate surface area is 117 Å². The van der Waals surface area contributed by atoms with Crippen LogP contribution >= 0.6 is 11.6 Å². The number of nitrogens with one attached hydrogen (secondary N) is 1. The fourth-order valence-corrected chi connectivity index (χ4v) is 2.39. The number of anilines is 1. The lowest BCUT2D eigenvalue weighted by Gasteiger charge is -2.26. The predicted molar refractivity (Wildman–Crippen MR) is 75.2 cm³/mol. The molecule has 1 heterocycles. The van der Waals surface area contributed by atoms with Gasteiger partial charge in [-0.3, -0.25) is 9.59 Å². The lowest BCUT2D eigenvalue weighted by Crippen LogP contribution is -2.40. The molecule has 5 heteroatoms. The number of piperidine rings is 1. The molecule has 1 aromatic rings. The smallest absolute Gasteiger partial charge is 0.244 e. The van der Waals surface area contributed by atoms with Crippen LogP contribution in [0.2, 0.25) is 5.02 Å². The Bertz CT molecular complexity index is 502. The maximum Gasteiger partial charge on any atom is 0.244 e. The second kappa shape index (κ2) is 6.06. The van der Waals surface area contributed by atoms with Crippen LogP contribution in [0.1, 0.15) is 24.8 Å². The largest absolute Gasteiger partial charge is 0.333 e. The number of benzene rings is 1. The number of halogens is 1. The average molecular weight is 281 g/mol. The van der Waals surface area contributed by atoms with E-state index in [0.29, 0.717) is 18.0 Å². The Kier molecular flexibility index (Phi) is 4.43. The van der Waals surface area contributed by atoms with E-state index in [1.165, 1.54) is 0 Å². The molecule has 0 atom stereocenters. The van der Waals surface area contributed by atoms with Gasteiger partial charge in [0.05, 0.1) is 6.54 Å². The second-order valence-electron chi connectivity index (χ2n) is 4.78. The summed E-state index contributed by atoms with van der Waals surface area (Å²) in [5, 5.41) is 3.45. The first-order valence-corrected chi connectivity index (χ1v) is 6.78. The normalized spacial score (nSPS) is 15.5. The fourth-order valence-electron chi connectivity index (χ4n) is 2.16. The summed E-state index contributed by atoms with van der Waals surface area (Å²) in [5.74, 6) is -0.102. The van der Waals surface area contributed by atoms with Crippen molar-refractivity contribution in [1.29, 1.82) is 0 Å². The molecule has 2 rings (SSSR count). The maximum absolute atomic E-state index is 11.9. The molecule has 1 fully saturated rings. The lowest BCUT2D eigenvalue weighted by atomic mass is 10.1. The van der Waals surface area contributed by atoms with Crippen LogP contribution in [0.15, 0.2) is 18.2 Å². The second-order valence-corrected chi connectivity index (χ2v) is 5.22. The van der Waals surface area contributed by atoms with Crippen LogP contribution in [0.4, 0.5) is 5.69 Å². The lowest BCUT2D eigenvalue weighted by molar-refractivity contribution is -0.136. The van der Waals surface area contributed by atoms with E-state index in [2.05, 4.69) is 5.32 Å². The summed E-state index contributed by atoms with van der Waals surface area (Å²) in [6.07, 6.45) is 2.44. The van der Waals surface area contributed by atoms with Gasteiger partial charge in [0.25, 0.3) is 0 Å². The fraction of sp³-hybridized carbons (Fsp3) is 0.429. The Balaban J connectivity index is 1.95. The summed E-state index contributed by atoms with van der Waals surface area (Å²) in [4.78, 5) is 25.2. The molecule has 1 N–H and O–H groups in total. The van der Waals surface area contributed by atoms with Crippen LogP contribution in [0.3, 0.4) is 0 Å². The molecule has 0 unspecified atom stereocenters. The van der Waals surface area contributed by atoms with Gasteiger partial charge in [0, 0.05) is 23.7 Å². The van der Waals surface area contributed by atoms with Gasteiger partial charge in [0.2, 0.25) is 11.8 Å². The Morgan fingerprint density at radius 1 is 1.42 bits per heavy atom. The third-order valence-corrected chi connectivity index (χ3v) is 3.45. The molecule has 0 aromatic heterocycles. The average Bonchev–Trinajstić information content (AvgIpc) is 2.36. The standard InChI is InChI=1S/C14H17ClN2O2/c1-10-8-11(15)5-6-12(10)16-13(18)9-17-7-3-2-4-14(17)19/h5-6,8H,2-4,7,9H2,1H3,(H,16,18). The minimum atomic E-state index is -0.166. The molecule has 0 aliphatic carbocycles. The van der Waals surface area contributed by atoms with E-state index in [1.807, 2.05) is 6.92 Å². The van der Waals surface area contributed by atoms with Gasteiger partial charge < -0.3 is 10.2 Å². The number of carbonyl (C=O) groups is 2. The van der Waals surface area contributed by atoms with Crippen LogP contribution < -0.4 is 5.32 Å². The van der Waals surface area contributed by atoms with Gasteiger partial charge in [0.1, 0.15) is 0 Å². The molecule has 1 aromatic carbocycles. The molecule has 19 heavy (non-hydrogen) atoms. The van der Waals surface area contributed by atoms with E-state index in [9.17, 15) is 9.59 Å². The van der Waals surface area contributed by atoms with E-state index in [0.717, 1.165) is 24.1 Å². The van der Waals surface area contributed by atoms with E-state index >= 15 is 0 Å². The van der Waals surface area contributed by atoms with Gasteiger partial charge >= 0.3 is 0 Å². The third kappa shape index (κ3) is 3.70. The zero-order chi connectivity index (χ0) is 13.8. The van der Waals surface area contributed by atoms with Gasteiger partial charge in [-0.25, -0.2) is 0 Å². The van der Waals surface area contributed by atoms with Gasteiger partial charge in [0.15, 0.2) is 0 Å². The van der Waals surface area contributed by atoms with Crippen LogP contribution in [-0.4, -0.2) is 29.8 Å². The predicted octanol–water partition coefficient (Wildman–Crippen LogP) is 2.60. The number of rotatable bonds is 3. The van der Waals surface area contributed by atoms with Crippen molar-refractivity contribution in [1.82, 2.24) is 4.90 Å². The van der Waals surface area contributed by atoms with Crippen molar-refractivity contribution in [2.75, 3.05) is 18.4 Å². The molecular formula is C14H17ClN2O2. The minimum absolute atomic E-state index is 0.0641. The number of likely N-dealkylation sites (tertiary alicyclic amines) is 1. The van der Waals surface area contributed by atoms with Crippen molar-refractivity contribution in [2.24, 2.45) is 0 Å². The van der Waals surface area contributed by atoms with Gasteiger partial charge in [-0.1, -0.05) is 11.6 Å². The van der Waals surface area contributed by atoms with Crippen molar-refractivity contribution in [3.05, 3.63) is 28.8 Å². The zero-order valence-corrected chi connectivity index (χ0v) is 11.7. The van der Waals surface area contributed by atoms with E-state index in [-0.39, 0.29) is 18.4 Å². The summed E-state index contributed by atoms with van der Waals surface area (Å²) in [7, 11) is 0. The molecular weight excluding hydrogens is 264 g/mol. The first-order chi connectivity index (χ1) is 9.06. The minimum Gasteiger partial charge on any atom is -0.333 e. The van der Waals surface area contributed by atoms with E-state index in [1.54, 1.807) is 23.1 Å². The van der Waals surface area contributed by atoms with Crippen molar-refractivity contribution < 1.29 is 9.59 Å². The molecule has 102 valence electrons. The zero-order valence-electron chi connectivity index (χ0n) is 10.9. The van der Waals surface area contributed by atoms with Gasteiger partial charge in [-0.2, -0.15) is 0 Å². The summed E-state index contributed by atoms with van der Waals surface area (Å²) in [6, 6.07) is 5.30.